The van der Waals surface area contributed by atoms with Crippen molar-refractivity contribution in [2.45, 2.75) is 26.9 Å². The number of nitrogens with one attached hydrogen (secondary N) is 2. The molecule has 0 saturated carbocycles. The second kappa shape index (κ2) is 10.8. The van der Waals surface area contributed by atoms with Crippen molar-refractivity contribution in [2.24, 2.45) is 0 Å². The summed E-state index contributed by atoms with van der Waals surface area (Å²) >= 11 is 0. The minimum Gasteiger partial charge on any atom is -0.360 e. The van der Waals surface area contributed by atoms with E-state index in [0.29, 0.717) is 12.3 Å². The molecule has 0 radical (unpaired) electrons. The molecule has 11 heteroatoms. The van der Waals surface area contributed by atoms with E-state index >= 15 is 0 Å². The minimum atomic E-state index is -4.53. The van der Waals surface area contributed by atoms with Crippen LogP contribution in [-0.2, 0) is 11.0 Å². The summed E-state index contributed by atoms with van der Waals surface area (Å²) in [6.07, 6.45) is -4.53. The molecule has 1 aromatic carbocycles. The molecule has 31 heavy (non-hydrogen) atoms. The predicted molar refractivity (Wildman–Crippen MR) is 110 cm³/mol. The second-order valence-corrected chi connectivity index (χ2v) is 6.83. The molecule has 2 aromatic rings. The number of alkyl halides is 3. The van der Waals surface area contributed by atoms with E-state index in [4.69, 9.17) is 4.52 Å². The minimum absolute atomic E-state index is 0.0137. The van der Waals surface area contributed by atoms with Crippen LogP contribution in [0.3, 0.4) is 0 Å². The normalized spacial score (nSPS) is 11.5. The van der Waals surface area contributed by atoms with Gasteiger partial charge in [0.2, 0.25) is 5.91 Å². The van der Waals surface area contributed by atoms with Gasteiger partial charge in [0.05, 0.1) is 5.56 Å². The second-order valence-electron chi connectivity index (χ2n) is 6.83. The van der Waals surface area contributed by atoms with E-state index < -0.39 is 23.7 Å². The van der Waals surface area contributed by atoms with Gasteiger partial charge in [-0.2, -0.15) is 13.2 Å². The summed E-state index contributed by atoms with van der Waals surface area (Å²) in [5.41, 5.74) is -0.890. The van der Waals surface area contributed by atoms with Crippen molar-refractivity contribution >= 4 is 23.4 Å². The first-order valence-corrected chi connectivity index (χ1v) is 9.81. The van der Waals surface area contributed by atoms with Crippen molar-refractivity contribution in [1.82, 2.24) is 15.0 Å². The van der Waals surface area contributed by atoms with E-state index in [9.17, 15) is 22.8 Å². The van der Waals surface area contributed by atoms with Crippen LogP contribution in [0.4, 0.5) is 29.5 Å². The van der Waals surface area contributed by atoms with Gasteiger partial charge in [0, 0.05) is 24.8 Å². The Bertz CT molecular complexity index is 881. The van der Waals surface area contributed by atoms with Crippen LogP contribution in [-0.4, -0.2) is 59.6 Å². The van der Waals surface area contributed by atoms with Gasteiger partial charge in [-0.3, -0.25) is 4.79 Å². The highest BCUT2D eigenvalue weighted by atomic mass is 19.4. The van der Waals surface area contributed by atoms with Crippen LogP contribution in [0.1, 0.15) is 25.2 Å². The molecule has 0 aliphatic heterocycles. The number of anilines is 2. The average molecular weight is 441 g/mol. The van der Waals surface area contributed by atoms with Crippen LogP contribution in [0.15, 0.2) is 34.9 Å². The van der Waals surface area contributed by atoms with Gasteiger partial charge in [-0.05, 0) is 38.2 Å². The molecule has 1 aromatic heterocycles. The van der Waals surface area contributed by atoms with Gasteiger partial charge in [-0.15, -0.1) is 0 Å². The van der Waals surface area contributed by atoms with Crippen molar-refractivity contribution in [3.8, 4) is 0 Å². The Morgan fingerprint density at radius 2 is 1.81 bits per heavy atom. The number of likely N-dealkylation sites (N-methyl/N-ethyl adjacent to an activating group) is 1. The third-order valence-corrected chi connectivity index (χ3v) is 4.54. The quantitative estimate of drug-likeness (QED) is 0.618. The summed E-state index contributed by atoms with van der Waals surface area (Å²) in [4.78, 5) is 28.4. The Kier molecular flexibility index (Phi) is 8.43. The van der Waals surface area contributed by atoms with E-state index in [2.05, 4.69) is 20.7 Å². The standard InChI is InChI=1S/C20H26F3N5O3/c1-4-27(5-2)9-10-28(13-18(29)25-17-11-14(3)31-26-17)19(30)24-16-8-6-7-15(12-16)20(21,22)23/h6-8,11-12H,4-5,9-10,13H2,1-3H3,(H,24,30)(H,25,26,29). The van der Waals surface area contributed by atoms with Gasteiger partial charge in [0.25, 0.3) is 0 Å². The zero-order valence-corrected chi connectivity index (χ0v) is 17.6. The number of carbonyl (C=O) groups is 2. The zero-order chi connectivity index (χ0) is 23.0. The lowest BCUT2D eigenvalue weighted by Gasteiger charge is -2.26. The number of hydrogen-bond acceptors (Lipinski definition) is 5. The molecule has 0 atom stereocenters. The number of halogens is 3. The Morgan fingerprint density at radius 3 is 2.39 bits per heavy atom. The van der Waals surface area contributed by atoms with E-state index in [0.717, 1.165) is 25.2 Å². The fourth-order valence-corrected chi connectivity index (χ4v) is 2.81. The molecule has 0 aliphatic carbocycles. The third-order valence-electron chi connectivity index (χ3n) is 4.54. The molecule has 2 rings (SSSR count). The van der Waals surface area contributed by atoms with Crippen LogP contribution in [0.2, 0.25) is 0 Å². The number of hydrogen-bond donors (Lipinski definition) is 2. The predicted octanol–water partition coefficient (Wildman–Crippen LogP) is 3.82. The Balaban J connectivity index is 2.10. The summed E-state index contributed by atoms with van der Waals surface area (Å²) in [5, 5.41) is 8.64. The topological polar surface area (TPSA) is 90.7 Å². The van der Waals surface area contributed by atoms with E-state index in [1.54, 1.807) is 6.92 Å². The summed E-state index contributed by atoms with van der Waals surface area (Å²) in [7, 11) is 0. The third kappa shape index (κ3) is 7.59. The monoisotopic (exact) mass is 441 g/mol. The molecule has 2 N–H and O–H groups in total. The fourth-order valence-electron chi connectivity index (χ4n) is 2.81. The van der Waals surface area contributed by atoms with Gasteiger partial charge >= 0.3 is 12.2 Å². The molecule has 0 aliphatic rings. The molecule has 1 heterocycles. The van der Waals surface area contributed by atoms with Gasteiger partial charge in [0.15, 0.2) is 5.82 Å². The first-order valence-electron chi connectivity index (χ1n) is 9.81. The lowest BCUT2D eigenvalue weighted by molar-refractivity contribution is -0.137. The smallest absolute Gasteiger partial charge is 0.360 e. The van der Waals surface area contributed by atoms with E-state index in [1.165, 1.54) is 23.1 Å². The number of nitrogens with zero attached hydrogens (tertiary/aromatic N) is 3. The van der Waals surface area contributed by atoms with Crippen LogP contribution in [0, 0.1) is 6.92 Å². The van der Waals surface area contributed by atoms with Crippen molar-refractivity contribution in [1.29, 1.82) is 0 Å². The molecule has 0 bridgehead atoms. The summed E-state index contributed by atoms with van der Waals surface area (Å²) in [5.74, 6) is 0.215. The van der Waals surface area contributed by atoms with Crippen molar-refractivity contribution in [2.75, 3.05) is 43.4 Å². The summed E-state index contributed by atoms with van der Waals surface area (Å²) < 4.78 is 43.7. The summed E-state index contributed by atoms with van der Waals surface area (Å²) in [6.45, 7) is 7.51. The first-order chi connectivity index (χ1) is 14.6. The molecule has 170 valence electrons. The van der Waals surface area contributed by atoms with Crippen LogP contribution in [0.25, 0.3) is 0 Å². The van der Waals surface area contributed by atoms with Crippen molar-refractivity contribution in [3.63, 3.8) is 0 Å². The number of rotatable bonds is 9. The van der Waals surface area contributed by atoms with Gasteiger partial charge < -0.3 is 25.0 Å². The number of aromatic nitrogens is 1. The molecule has 8 nitrogen and oxygen atoms in total. The van der Waals surface area contributed by atoms with Crippen LogP contribution in [0.5, 0.6) is 0 Å². The number of carbonyl (C=O) groups excluding carboxylic acids is 2. The molecule has 0 unspecified atom stereocenters. The zero-order valence-electron chi connectivity index (χ0n) is 17.6. The number of amides is 3. The highest BCUT2D eigenvalue weighted by molar-refractivity contribution is 5.96. The Morgan fingerprint density at radius 1 is 1.10 bits per heavy atom. The van der Waals surface area contributed by atoms with E-state index in [-0.39, 0.29) is 24.6 Å². The average Bonchev–Trinajstić information content (AvgIpc) is 3.11. The molecule has 0 saturated heterocycles. The van der Waals surface area contributed by atoms with Crippen LogP contribution < -0.4 is 10.6 Å². The lowest BCUT2D eigenvalue weighted by Crippen LogP contribution is -2.44. The maximum atomic E-state index is 12.9. The maximum absolute atomic E-state index is 12.9. The molecular weight excluding hydrogens is 415 g/mol. The van der Waals surface area contributed by atoms with Gasteiger partial charge in [-0.25, -0.2) is 4.79 Å². The van der Waals surface area contributed by atoms with Crippen molar-refractivity contribution < 1.29 is 27.3 Å². The van der Waals surface area contributed by atoms with Gasteiger partial charge in [-0.1, -0.05) is 25.1 Å². The molecule has 3 amide bonds. The maximum Gasteiger partial charge on any atom is 0.416 e. The Labute approximate surface area is 178 Å². The van der Waals surface area contributed by atoms with Crippen molar-refractivity contribution in [3.05, 3.63) is 41.7 Å². The largest absolute Gasteiger partial charge is 0.416 e. The number of benzene rings is 1. The SMILES string of the molecule is CCN(CC)CCN(CC(=O)Nc1cc(C)on1)C(=O)Nc1cccc(C(F)(F)F)c1. The molecule has 0 spiro atoms. The molecule has 0 fully saturated rings. The number of aryl methyl sites for hydroxylation is 1. The highest BCUT2D eigenvalue weighted by Gasteiger charge is 2.30. The Hall–Kier alpha value is -3.08. The summed E-state index contributed by atoms with van der Waals surface area (Å²) in [6, 6.07) is 5.17. The van der Waals surface area contributed by atoms with E-state index in [1.807, 2.05) is 13.8 Å². The fraction of sp³-hybridized carbons (Fsp3) is 0.450. The van der Waals surface area contributed by atoms with Crippen LogP contribution >= 0.6 is 0 Å². The first kappa shape index (κ1) is 24.2. The highest BCUT2D eigenvalue weighted by Crippen LogP contribution is 2.30. The molecular formula is C20H26F3N5O3. The number of urea groups is 1. The lowest BCUT2D eigenvalue weighted by atomic mass is 10.2. The van der Waals surface area contributed by atoms with Gasteiger partial charge in [0.1, 0.15) is 12.3 Å².